The molecule has 0 unspecified atom stereocenters. The highest BCUT2D eigenvalue weighted by atomic mass is 16.1. The molecule has 1 saturated carbocycles. The van der Waals surface area contributed by atoms with Crippen molar-refractivity contribution in [3.05, 3.63) is 22.2 Å². The van der Waals surface area contributed by atoms with Gasteiger partial charge in [0.1, 0.15) is 11.6 Å². The number of anilines is 1. The standard InChI is InChI=1S/C16H27N3O/c1-11(2)16-18-14(10-15(20)19-16)17-9-8-13-6-4-12(3)5-7-13/h10-13H,4-9H2,1-3H3,(H2,17,18,19,20). The molecule has 1 aromatic rings. The lowest BCUT2D eigenvalue weighted by atomic mass is 9.81. The lowest BCUT2D eigenvalue weighted by Gasteiger charge is -2.26. The second-order valence-corrected chi connectivity index (χ2v) is 6.51. The first kappa shape index (κ1) is 15.1. The van der Waals surface area contributed by atoms with Gasteiger partial charge >= 0.3 is 0 Å². The molecule has 0 atom stereocenters. The Bertz CT molecular complexity index is 473. The summed E-state index contributed by atoms with van der Waals surface area (Å²) in [6, 6.07) is 1.55. The Morgan fingerprint density at radius 1 is 1.35 bits per heavy atom. The Labute approximate surface area is 121 Å². The second-order valence-electron chi connectivity index (χ2n) is 6.51. The summed E-state index contributed by atoms with van der Waals surface area (Å²) in [5.41, 5.74) is -0.0716. The summed E-state index contributed by atoms with van der Waals surface area (Å²) < 4.78 is 0. The number of aromatic amines is 1. The Morgan fingerprint density at radius 2 is 2.05 bits per heavy atom. The normalized spacial score (nSPS) is 23.0. The SMILES string of the molecule is CC1CCC(CCNc2cc(=O)[nH]c(C(C)C)n2)CC1. The maximum absolute atomic E-state index is 11.6. The van der Waals surface area contributed by atoms with E-state index in [4.69, 9.17) is 0 Å². The minimum atomic E-state index is -0.0716. The van der Waals surface area contributed by atoms with Crippen LogP contribution in [-0.2, 0) is 0 Å². The lowest BCUT2D eigenvalue weighted by molar-refractivity contribution is 0.282. The summed E-state index contributed by atoms with van der Waals surface area (Å²) in [6.45, 7) is 7.33. The molecule has 1 aliphatic rings. The monoisotopic (exact) mass is 277 g/mol. The average molecular weight is 277 g/mol. The van der Waals surface area contributed by atoms with E-state index in [9.17, 15) is 4.79 Å². The topological polar surface area (TPSA) is 57.8 Å². The Balaban J connectivity index is 1.83. The van der Waals surface area contributed by atoms with Gasteiger partial charge in [0.2, 0.25) is 0 Å². The third-order valence-corrected chi connectivity index (χ3v) is 4.30. The highest BCUT2D eigenvalue weighted by molar-refractivity contribution is 5.33. The lowest BCUT2D eigenvalue weighted by Crippen LogP contribution is -2.18. The van der Waals surface area contributed by atoms with Crippen LogP contribution in [0.2, 0.25) is 0 Å². The summed E-state index contributed by atoms with van der Waals surface area (Å²) in [4.78, 5) is 18.8. The van der Waals surface area contributed by atoms with E-state index < -0.39 is 0 Å². The minimum absolute atomic E-state index is 0.0716. The maximum atomic E-state index is 11.6. The third kappa shape index (κ3) is 4.36. The second kappa shape index (κ2) is 6.91. The van der Waals surface area contributed by atoms with Gasteiger partial charge in [-0.1, -0.05) is 46.5 Å². The van der Waals surface area contributed by atoms with Crippen molar-refractivity contribution in [2.45, 2.75) is 58.8 Å². The molecule has 1 aliphatic carbocycles. The molecular formula is C16H27N3O. The van der Waals surface area contributed by atoms with Crippen molar-refractivity contribution in [2.24, 2.45) is 11.8 Å². The molecule has 0 bridgehead atoms. The molecule has 2 N–H and O–H groups in total. The van der Waals surface area contributed by atoms with Crippen molar-refractivity contribution in [1.29, 1.82) is 0 Å². The molecular weight excluding hydrogens is 250 g/mol. The Kier molecular flexibility index (Phi) is 5.21. The molecule has 4 nitrogen and oxygen atoms in total. The first-order chi connectivity index (χ1) is 9.54. The number of hydrogen-bond acceptors (Lipinski definition) is 3. The van der Waals surface area contributed by atoms with Crippen LogP contribution in [0.4, 0.5) is 5.82 Å². The van der Waals surface area contributed by atoms with Crippen LogP contribution in [0.3, 0.4) is 0 Å². The number of nitrogens with one attached hydrogen (secondary N) is 2. The summed E-state index contributed by atoms with van der Waals surface area (Å²) in [5.74, 6) is 3.45. The molecule has 20 heavy (non-hydrogen) atoms. The maximum Gasteiger partial charge on any atom is 0.252 e. The molecule has 1 aromatic heterocycles. The molecule has 0 radical (unpaired) electrons. The van der Waals surface area contributed by atoms with E-state index in [1.54, 1.807) is 6.07 Å². The van der Waals surface area contributed by atoms with E-state index in [-0.39, 0.29) is 11.5 Å². The van der Waals surface area contributed by atoms with Crippen molar-refractivity contribution < 1.29 is 0 Å². The number of hydrogen-bond donors (Lipinski definition) is 2. The predicted octanol–water partition coefficient (Wildman–Crippen LogP) is 3.52. The van der Waals surface area contributed by atoms with Gasteiger partial charge < -0.3 is 10.3 Å². The number of H-pyrrole nitrogens is 1. The molecule has 0 aromatic carbocycles. The van der Waals surface area contributed by atoms with Gasteiger partial charge in [0.25, 0.3) is 5.56 Å². The van der Waals surface area contributed by atoms with E-state index in [1.807, 2.05) is 13.8 Å². The zero-order valence-corrected chi connectivity index (χ0v) is 12.9. The number of rotatable bonds is 5. The molecule has 0 aliphatic heterocycles. The number of aromatic nitrogens is 2. The molecule has 112 valence electrons. The molecule has 4 heteroatoms. The van der Waals surface area contributed by atoms with Crippen molar-refractivity contribution in [3.8, 4) is 0 Å². The van der Waals surface area contributed by atoms with E-state index in [1.165, 1.54) is 32.1 Å². The van der Waals surface area contributed by atoms with Crippen molar-refractivity contribution in [3.63, 3.8) is 0 Å². The molecule has 2 rings (SSSR count). The summed E-state index contributed by atoms with van der Waals surface area (Å²) in [7, 11) is 0. The van der Waals surface area contributed by atoms with Crippen LogP contribution in [0, 0.1) is 11.8 Å². The van der Waals surface area contributed by atoms with Gasteiger partial charge in [-0.3, -0.25) is 4.79 Å². The van der Waals surface area contributed by atoms with Crippen molar-refractivity contribution in [1.82, 2.24) is 9.97 Å². The number of nitrogens with zero attached hydrogens (tertiary/aromatic N) is 1. The van der Waals surface area contributed by atoms with Crippen molar-refractivity contribution >= 4 is 5.82 Å². The van der Waals surface area contributed by atoms with Gasteiger partial charge in [-0.15, -0.1) is 0 Å². The van der Waals surface area contributed by atoms with Crippen LogP contribution in [0.15, 0.2) is 10.9 Å². The minimum Gasteiger partial charge on any atom is -0.370 e. The smallest absolute Gasteiger partial charge is 0.252 e. The highest BCUT2D eigenvalue weighted by Crippen LogP contribution is 2.30. The van der Waals surface area contributed by atoms with Crippen LogP contribution in [0.1, 0.15) is 64.6 Å². The fraction of sp³-hybridized carbons (Fsp3) is 0.750. The van der Waals surface area contributed by atoms with Crippen LogP contribution in [0.25, 0.3) is 0 Å². The van der Waals surface area contributed by atoms with Crippen LogP contribution >= 0.6 is 0 Å². The van der Waals surface area contributed by atoms with Crippen LogP contribution in [0.5, 0.6) is 0 Å². The fourth-order valence-electron chi connectivity index (χ4n) is 2.86. The van der Waals surface area contributed by atoms with E-state index in [0.29, 0.717) is 5.82 Å². The predicted molar refractivity (Wildman–Crippen MR) is 83.2 cm³/mol. The Hall–Kier alpha value is -1.32. The first-order valence-electron chi connectivity index (χ1n) is 7.89. The average Bonchev–Trinajstić information content (AvgIpc) is 2.40. The van der Waals surface area contributed by atoms with Crippen molar-refractivity contribution in [2.75, 3.05) is 11.9 Å². The van der Waals surface area contributed by atoms with Gasteiger partial charge in [0.15, 0.2) is 0 Å². The van der Waals surface area contributed by atoms with Crippen LogP contribution < -0.4 is 10.9 Å². The third-order valence-electron chi connectivity index (χ3n) is 4.30. The fourth-order valence-corrected chi connectivity index (χ4v) is 2.86. The summed E-state index contributed by atoms with van der Waals surface area (Å²) in [5, 5.41) is 3.31. The van der Waals surface area contributed by atoms with Gasteiger partial charge in [-0.05, 0) is 18.3 Å². The van der Waals surface area contributed by atoms with Crippen LogP contribution in [-0.4, -0.2) is 16.5 Å². The van der Waals surface area contributed by atoms with Gasteiger partial charge in [0.05, 0.1) is 0 Å². The zero-order valence-electron chi connectivity index (χ0n) is 12.9. The molecule has 0 saturated heterocycles. The summed E-state index contributed by atoms with van der Waals surface area (Å²) in [6.07, 6.45) is 6.61. The molecule has 1 fully saturated rings. The first-order valence-corrected chi connectivity index (χ1v) is 7.89. The van der Waals surface area contributed by atoms with Gasteiger partial charge in [-0.2, -0.15) is 0 Å². The quantitative estimate of drug-likeness (QED) is 0.865. The zero-order chi connectivity index (χ0) is 14.5. The molecule has 0 amide bonds. The van der Waals surface area contributed by atoms with E-state index in [2.05, 4.69) is 22.2 Å². The largest absolute Gasteiger partial charge is 0.370 e. The van der Waals surface area contributed by atoms with Gasteiger partial charge in [-0.25, -0.2) is 4.98 Å². The highest BCUT2D eigenvalue weighted by Gasteiger charge is 2.17. The van der Waals surface area contributed by atoms with E-state index in [0.717, 1.165) is 24.2 Å². The van der Waals surface area contributed by atoms with E-state index >= 15 is 0 Å². The Morgan fingerprint density at radius 3 is 2.70 bits per heavy atom. The summed E-state index contributed by atoms with van der Waals surface area (Å²) >= 11 is 0. The van der Waals surface area contributed by atoms with Gasteiger partial charge in [0, 0.05) is 18.5 Å². The molecule has 1 heterocycles. The molecule has 0 spiro atoms.